The predicted octanol–water partition coefficient (Wildman–Crippen LogP) is 4.98. The number of fused-ring (bicyclic) bond motifs is 1. The van der Waals surface area contributed by atoms with Crippen LogP contribution in [0.5, 0.6) is 0 Å². The molecule has 0 aromatic carbocycles. The molecule has 0 aliphatic carbocycles. The van der Waals surface area contributed by atoms with Crippen molar-refractivity contribution in [3.05, 3.63) is 81.0 Å². The number of hydrogen-bond donors (Lipinski definition) is 1. The van der Waals surface area contributed by atoms with Crippen LogP contribution in [0.2, 0.25) is 0 Å². The van der Waals surface area contributed by atoms with Gasteiger partial charge in [-0.2, -0.15) is 9.61 Å². The lowest BCUT2D eigenvalue weighted by Crippen LogP contribution is -2.37. The van der Waals surface area contributed by atoms with E-state index in [0.29, 0.717) is 12.5 Å². The molecule has 0 bridgehead atoms. The molecular weight excluding hydrogens is 500 g/mol. The molecule has 33 heavy (non-hydrogen) atoms. The first-order chi connectivity index (χ1) is 16.2. The highest BCUT2D eigenvalue weighted by atomic mass is 79.9. The molecule has 1 fully saturated rings. The molecule has 1 N–H and O–H groups in total. The summed E-state index contributed by atoms with van der Waals surface area (Å²) in [5, 5.41) is 9.96. The number of piperidine rings is 1. The highest BCUT2D eigenvalue weighted by Gasteiger charge is 2.25. The summed E-state index contributed by atoms with van der Waals surface area (Å²) < 4.78 is 2.68. The summed E-state index contributed by atoms with van der Waals surface area (Å²) in [4.78, 5) is 24.7. The van der Waals surface area contributed by atoms with Crippen LogP contribution in [0.15, 0.2) is 64.9 Å². The zero-order valence-corrected chi connectivity index (χ0v) is 20.3. The van der Waals surface area contributed by atoms with Gasteiger partial charge in [-0.1, -0.05) is 12.1 Å². The summed E-state index contributed by atoms with van der Waals surface area (Å²) in [5.41, 5.74) is 2.91. The Hall–Kier alpha value is -3.04. The van der Waals surface area contributed by atoms with Crippen molar-refractivity contribution in [2.45, 2.75) is 25.3 Å². The Kier molecular flexibility index (Phi) is 6.50. The van der Waals surface area contributed by atoms with Gasteiger partial charge in [-0.05, 0) is 57.9 Å². The maximum atomic E-state index is 12.6. The van der Waals surface area contributed by atoms with Gasteiger partial charge in [0.05, 0.1) is 10.7 Å². The van der Waals surface area contributed by atoms with Crippen LogP contribution in [0.25, 0.3) is 11.7 Å². The van der Waals surface area contributed by atoms with E-state index < -0.39 is 0 Å². The molecule has 0 saturated carbocycles. The third-order valence-electron chi connectivity index (χ3n) is 5.80. The minimum atomic E-state index is 0.0719. The second-order valence-electron chi connectivity index (χ2n) is 7.96. The van der Waals surface area contributed by atoms with E-state index in [9.17, 15) is 4.79 Å². The third kappa shape index (κ3) is 4.99. The number of nitrogens with one attached hydrogen (secondary N) is 1. The van der Waals surface area contributed by atoms with Crippen molar-refractivity contribution in [2.75, 3.05) is 18.4 Å². The fraction of sp³-hybridized carbons (Fsp3) is 0.250. The van der Waals surface area contributed by atoms with Gasteiger partial charge in [0.1, 0.15) is 5.82 Å². The Bertz CT molecular complexity index is 1260. The molecule has 5 heterocycles. The smallest absolute Gasteiger partial charge is 0.246 e. The van der Waals surface area contributed by atoms with Crippen molar-refractivity contribution in [2.24, 2.45) is 0 Å². The van der Waals surface area contributed by atoms with E-state index in [4.69, 9.17) is 4.98 Å². The molecule has 0 radical (unpaired) electrons. The molecule has 0 spiro atoms. The van der Waals surface area contributed by atoms with Gasteiger partial charge >= 0.3 is 0 Å². The summed E-state index contributed by atoms with van der Waals surface area (Å²) in [6.45, 7) is 2.10. The van der Waals surface area contributed by atoms with Crippen LogP contribution in [0.3, 0.4) is 0 Å². The van der Waals surface area contributed by atoms with E-state index in [1.807, 2.05) is 51.3 Å². The lowest BCUT2D eigenvalue weighted by atomic mass is 9.93. The van der Waals surface area contributed by atoms with Crippen molar-refractivity contribution in [3.8, 4) is 0 Å². The lowest BCUT2D eigenvalue weighted by molar-refractivity contribution is -0.126. The van der Waals surface area contributed by atoms with Crippen molar-refractivity contribution in [3.63, 3.8) is 0 Å². The van der Waals surface area contributed by atoms with Crippen LogP contribution in [0, 0.1) is 0 Å². The van der Waals surface area contributed by atoms with Crippen molar-refractivity contribution in [1.29, 1.82) is 0 Å². The van der Waals surface area contributed by atoms with Gasteiger partial charge in [-0.3, -0.25) is 9.78 Å². The van der Waals surface area contributed by atoms with Crippen LogP contribution >= 0.6 is 27.3 Å². The van der Waals surface area contributed by atoms with Crippen LogP contribution in [-0.2, 0) is 11.3 Å². The number of aromatic nitrogens is 4. The normalized spacial score (nSPS) is 14.9. The van der Waals surface area contributed by atoms with Crippen LogP contribution in [-0.4, -0.2) is 43.5 Å². The summed E-state index contributed by atoms with van der Waals surface area (Å²) in [6.07, 6.45) is 10.7. The van der Waals surface area contributed by atoms with E-state index in [1.165, 1.54) is 0 Å². The molecular formula is C24H23BrN6OS. The molecule has 1 aliphatic rings. The van der Waals surface area contributed by atoms with E-state index in [1.54, 1.807) is 29.8 Å². The van der Waals surface area contributed by atoms with E-state index in [0.717, 1.165) is 58.0 Å². The first kappa shape index (κ1) is 21.8. The molecule has 0 unspecified atom stereocenters. The van der Waals surface area contributed by atoms with Gasteiger partial charge in [-0.25, -0.2) is 4.98 Å². The SMILES string of the molecule is O=C(C=Cc1cccs1)N1CCC(c2cc(NCc3cccnc3)n3ncc(Br)c3n2)CC1. The quantitative estimate of drug-likeness (QED) is 0.361. The zero-order valence-electron chi connectivity index (χ0n) is 17.9. The minimum absolute atomic E-state index is 0.0719. The molecule has 7 nitrogen and oxygen atoms in total. The Morgan fingerprint density at radius 2 is 2.12 bits per heavy atom. The number of hydrogen-bond acceptors (Lipinski definition) is 6. The van der Waals surface area contributed by atoms with Crippen molar-refractivity contribution in [1.82, 2.24) is 24.5 Å². The van der Waals surface area contributed by atoms with Gasteiger partial charge in [0.25, 0.3) is 0 Å². The Labute approximate surface area is 204 Å². The first-order valence-corrected chi connectivity index (χ1v) is 12.5. The molecule has 5 rings (SSSR count). The van der Waals surface area contributed by atoms with E-state index in [-0.39, 0.29) is 5.91 Å². The Morgan fingerprint density at radius 3 is 2.88 bits per heavy atom. The number of carbonyl (C=O) groups excluding carboxylic acids is 1. The second kappa shape index (κ2) is 9.84. The number of halogens is 1. The molecule has 1 aliphatic heterocycles. The summed E-state index contributed by atoms with van der Waals surface area (Å²) in [7, 11) is 0. The van der Waals surface area contributed by atoms with E-state index in [2.05, 4.69) is 37.4 Å². The summed E-state index contributed by atoms with van der Waals surface area (Å²) in [6, 6.07) is 10.1. The van der Waals surface area contributed by atoms with Gasteiger partial charge in [-0.15, -0.1) is 11.3 Å². The molecule has 1 saturated heterocycles. The average Bonchev–Trinajstić information content (AvgIpc) is 3.52. The summed E-state index contributed by atoms with van der Waals surface area (Å²) >= 11 is 5.20. The third-order valence-corrected chi connectivity index (χ3v) is 7.20. The standard InChI is InChI=1S/C24H23BrN6OS/c25-20-16-28-31-22(27-15-17-3-1-9-26-14-17)13-21(29-24(20)31)18-7-10-30(11-8-18)23(32)6-5-19-4-2-12-33-19/h1-6,9,12-14,16,18,27H,7-8,10-11,15H2. The number of likely N-dealkylation sites (tertiary alicyclic amines) is 1. The molecule has 168 valence electrons. The highest BCUT2D eigenvalue weighted by molar-refractivity contribution is 9.10. The van der Waals surface area contributed by atoms with Crippen molar-refractivity contribution < 1.29 is 4.79 Å². The molecule has 4 aromatic heterocycles. The van der Waals surface area contributed by atoms with E-state index >= 15 is 0 Å². The number of anilines is 1. The topological polar surface area (TPSA) is 75.4 Å². The van der Waals surface area contributed by atoms with Gasteiger partial charge in [0, 0.05) is 60.7 Å². The van der Waals surface area contributed by atoms with Crippen LogP contribution in [0.4, 0.5) is 5.82 Å². The van der Waals surface area contributed by atoms with Crippen LogP contribution < -0.4 is 5.32 Å². The number of carbonyl (C=O) groups is 1. The fourth-order valence-corrected chi connectivity index (χ4v) is 4.99. The summed E-state index contributed by atoms with van der Waals surface area (Å²) in [5.74, 6) is 1.26. The highest BCUT2D eigenvalue weighted by Crippen LogP contribution is 2.30. The zero-order chi connectivity index (χ0) is 22.6. The number of thiophene rings is 1. The Balaban J connectivity index is 1.29. The Morgan fingerprint density at radius 1 is 1.24 bits per heavy atom. The lowest BCUT2D eigenvalue weighted by Gasteiger charge is -2.31. The van der Waals surface area contributed by atoms with Crippen molar-refractivity contribution >= 4 is 50.7 Å². The monoisotopic (exact) mass is 522 g/mol. The minimum Gasteiger partial charge on any atom is -0.366 e. The maximum absolute atomic E-state index is 12.6. The number of rotatable bonds is 6. The fourth-order valence-electron chi connectivity index (χ4n) is 4.03. The number of pyridine rings is 1. The van der Waals surface area contributed by atoms with Gasteiger partial charge < -0.3 is 10.2 Å². The largest absolute Gasteiger partial charge is 0.366 e. The first-order valence-electron chi connectivity index (χ1n) is 10.8. The number of nitrogens with zero attached hydrogens (tertiary/aromatic N) is 5. The average molecular weight is 523 g/mol. The maximum Gasteiger partial charge on any atom is 0.246 e. The van der Waals surface area contributed by atoms with Gasteiger partial charge in [0.15, 0.2) is 5.65 Å². The molecule has 0 atom stereocenters. The molecule has 9 heteroatoms. The predicted molar refractivity (Wildman–Crippen MR) is 134 cm³/mol. The molecule has 1 amide bonds. The van der Waals surface area contributed by atoms with Crippen LogP contribution in [0.1, 0.15) is 34.9 Å². The van der Waals surface area contributed by atoms with Gasteiger partial charge in [0.2, 0.25) is 5.91 Å². The molecule has 4 aromatic rings. The second-order valence-corrected chi connectivity index (χ2v) is 9.79. The number of amides is 1.